The number of nitrogens with zero attached hydrogens (tertiary/aromatic N) is 3. The minimum absolute atomic E-state index is 0.172. The summed E-state index contributed by atoms with van der Waals surface area (Å²) in [5.41, 5.74) is 2.23. The van der Waals surface area contributed by atoms with Crippen LogP contribution in [0.3, 0.4) is 0 Å². The molecule has 0 atom stereocenters. The molecule has 0 bridgehead atoms. The molecule has 0 unspecified atom stereocenters. The molecule has 3 fully saturated rings. The number of likely N-dealkylation sites (tertiary alicyclic amines) is 1. The van der Waals surface area contributed by atoms with Gasteiger partial charge in [0.25, 0.3) is 0 Å². The van der Waals surface area contributed by atoms with Crippen molar-refractivity contribution in [2.45, 2.75) is 56.5 Å². The maximum absolute atomic E-state index is 13.0. The van der Waals surface area contributed by atoms with Crippen molar-refractivity contribution in [2.24, 2.45) is 5.92 Å². The zero-order chi connectivity index (χ0) is 16.9. The highest BCUT2D eigenvalue weighted by Crippen LogP contribution is 2.45. The fourth-order valence-corrected chi connectivity index (χ4v) is 5.17. The van der Waals surface area contributed by atoms with Crippen molar-refractivity contribution in [1.82, 2.24) is 19.8 Å². The number of carbonyl (C=O) groups is 1. The van der Waals surface area contributed by atoms with Gasteiger partial charge in [-0.15, -0.1) is 0 Å². The summed E-state index contributed by atoms with van der Waals surface area (Å²) in [6.07, 6.45) is 9.21. The fraction of sp³-hybridized carbons (Fsp3) is 0.789. The Kier molecular flexibility index (Phi) is 3.86. The van der Waals surface area contributed by atoms with Crippen molar-refractivity contribution >= 4 is 5.91 Å². The number of amides is 1. The van der Waals surface area contributed by atoms with Crippen LogP contribution in [0.1, 0.15) is 49.9 Å². The van der Waals surface area contributed by atoms with Crippen LogP contribution < -0.4 is 0 Å². The molecule has 4 aliphatic rings. The number of carbonyl (C=O) groups excluding carboxylic acids is 1. The Morgan fingerprint density at radius 3 is 2.64 bits per heavy atom. The maximum Gasteiger partial charge on any atom is 0.226 e. The molecule has 4 heterocycles. The molecule has 1 aromatic heterocycles. The molecule has 6 heteroatoms. The molecule has 2 saturated heterocycles. The largest absolute Gasteiger partial charge is 0.381 e. The molecule has 3 aliphatic heterocycles. The second-order valence-corrected chi connectivity index (χ2v) is 8.15. The van der Waals surface area contributed by atoms with Crippen LogP contribution in [0, 0.1) is 5.92 Å². The Morgan fingerprint density at radius 1 is 1.16 bits per heavy atom. The fourth-order valence-electron chi connectivity index (χ4n) is 5.17. The van der Waals surface area contributed by atoms with Gasteiger partial charge in [-0.1, -0.05) is 0 Å². The summed E-state index contributed by atoms with van der Waals surface area (Å²) in [7, 11) is 0. The number of piperidine rings is 1. The standard InChI is InChI=1S/C19H28N4O2/c24-18(14-1-2-14)23-8-3-16-17(21-13-20-16)19(23)6-9-22(10-7-19)15-4-11-25-12-5-15/h13-15H,1-12H2,(H,20,21). The zero-order valence-electron chi connectivity index (χ0n) is 14.9. The number of nitrogens with one attached hydrogen (secondary N) is 1. The monoisotopic (exact) mass is 344 g/mol. The van der Waals surface area contributed by atoms with E-state index in [0.29, 0.717) is 11.9 Å². The van der Waals surface area contributed by atoms with Gasteiger partial charge in [-0.3, -0.25) is 4.79 Å². The summed E-state index contributed by atoms with van der Waals surface area (Å²) in [6, 6.07) is 0.654. The van der Waals surface area contributed by atoms with Gasteiger partial charge in [-0.25, -0.2) is 4.98 Å². The number of hydrogen-bond acceptors (Lipinski definition) is 4. The molecule has 1 N–H and O–H groups in total. The Balaban J connectivity index is 1.40. The second kappa shape index (κ2) is 6.09. The number of hydrogen-bond donors (Lipinski definition) is 1. The van der Waals surface area contributed by atoms with Crippen LogP contribution in [-0.4, -0.2) is 64.6 Å². The number of rotatable bonds is 2. The van der Waals surface area contributed by atoms with Gasteiger partial charge in [0, 0.05) is 56.9 Å². The number of H-pyrrole nitrogens is 1. The van der Waals surface area contributed by atoms with E-state index in [2.05, 4.69) is 14.8 Å². The first-order chi connectivity index (χ1) is 12.3. The van der Waals surface area contributed by atoms with Crippen molar-refractivity contribution in [3.63, 3.8) is 0 Å². The third-order valence-corrected chi connectivity index (χ3v) is 6.79. The predicted octanol–water partition coefficient (Wildman–Crippen LogP) is 1.67. The zero-order valence-corrected chi connectivity index (χ0v) is 14.9. The summed E-state index contributed by atoms with van der Waals surface area (Å²) in [6.45, 7) is 4.75. The average Bonchev–Trinajstić information content (AvgIpc) is 3.40. The molecule has 1 saturated carbocycles. The van der Waals surface area contributed by atoms with Gasteiger partial charge in [0.1, 0.15) is 0 Å². The quantitative estimate of drug-likeness (QED) is 0.887. The van der Waals surface area contributed by atoms with Crippen molar-refractivity contribution in [3.8, 4) is 0 Å². The molecule has 0 radical (unpaired) electrons. The smallest absolute Gasteiger partial charge is 0.226 e. The van der Waals surface area contributed by atoms with Gasteiger partial charge in [0.15, 0.2) is 0 Å². The average molecular weight is 344 g/mol. The lowest BCUT2D eigenvalue weighted by atomic mass is 9.78. The molecule has 1 spiro atoms. The highest BCUT2D eigenvalue weighted by atomic mass is 16.5. The predicted molar refractivity (Wildman–Crippen MR) is 93.1 cm³/mol. The van der Waals surface area contributed by atoms with Crippen molar-refractivity contribution in [3.05, 3.63) is 17.7 Å². The minimum atomic E-state index is -0.172. The van der Waals surface area contributed by atoms with E-state index < -0.39 is 0 Å². The van der Waals surface area contributed by atoms with E-state index in [4.69, 9.17) is 9.72 Å². The first-order valence-corrected chi connectivity index (χ1v) is 9.94. The molecule has 136 valence electrons. The summed E-state index contributed by atoms with van der Waals surface area (Å²) in [4.78, 5) is 25.9. The summed E-state index contributed by atoms with van der Waals surface area (Å²) in [5.74, 6) is 0.666. The molecule has 1 aliphatic carbocycles. The lowest BCUT2D eigenvalue weighted by Crippen LogP contribution is -2.60. The lowest BCUT2D eigenvalue weighted by Gasteiger charge is -2.52. The number of aromatic nitrogens is 2. The first-order valence-electron chi connectivity index (χ1n) is 9.94. The molecule has 1 aromatic rings. The maximum atomic E-state index is 13.0. The van der Waals surface area contributed by atoms with E-state index in [9.17, 15) is 4.79 Å². The number of ether oxygens (including phenoxy) is 1. The molecular formula is C19H28N4O2. The van der Waals surface area contributed by atoms with E-state index in [1.807, 2.05) is 6.33 Å². The van der Waals surface area contributed by atoms with Crippen LogP contribution in [0.4, 0.5) is 0 Å². The molecule has 25 heavy (non-hydrogen) atoms. The van der Waals surface area contributed by atoms with Gasteiger partial charge in [0.2, 0.25) is 5.91 Å². The van der Waals surface area contributed by atoms with Gasteiger partial charge < -0.3 is 19.5 Å². The highest BCUT2D eigenvalue weighted by molar-refractivity contribution is 5.82. The molecule has 0 aromatic carbocycles. The van der Waals surface area contributed by atoms with E-state index in [1.54, 1.807) is 0 Å². The molecule has 5 rings (SSSR count). The summed E-state index contributed by atoms with van der Waals surface area (Å²) in [5, 5.41) is 0. The Hall–Kier alpha value is -1.40. The molecule has 6 nitrogen and oxygen atoms in total. The van der Waals surface area contributed by atoms with Gasteiger partial charge in [-0.05, 0) is 38.5 Å². The molecule has 1 amide bonds. The Labute approximate surface area is 148 Å². The van der Waals surface area contributed by atoms with Crippen molar-refractivity contribution in [2.75, 3.05) is 32.8 Å². The van der Waals surface area contributed by atoms with Crippen LogP contribution in [0.2, 0.25) is 0 Å². The lowest BCUT2D eigenvalue weighted by molar-refractivity contribution is -0.144. The van der Waals surface area contributed by atoms with Crippen molar-refractivity contribution < 1.29 is 9.53 Å². The van der Waals surface area contributed by atoms with Crippen LogP contribution in [0.5, 0.6) is 0 Å². The normalized spacial score (nSPS) is 27.4. The third kappa shape index (κ3) is 2.61. The van der Waals surface area contributed by atoms with Crippen LogP contribution in [0.15, 0.2) is 6.33 Å². The number of imidazole rings is 1. The van der Waals surface area contributed by atoms with Gasteiger partial charge in [0.05, 0.1) is 17.6 Å². The van der Waals surface area contributed by atoms with Crippen LogP contribution >= 0.6 is 0 Å². The van der Waals surface area contributed by atoms with E-state index in [-0.39, 0.29) is 11.5 Å². The number of aromatic amines is 1. The Morgan fingerprint density at radius 2 is 1.92 bits per heavy atom. The van der Waals surface area contributed by atoms with E-state index >= 15 is 0 Å². The van der Waals surface area contributed by atoms with E-state index in [1.165, 1.54) is 5.69 Å². The van der Waals surface area contributed by atoms with Crippen molar-refractivity contribution in [1.29, 1.82) is 0 Å². The van der Waals surface area contributed by atoms with Gasteiger partial charge >= 0.3 is 0 Å². The topological polar surface area (TPSA) is 61.5 Å². The van der Waals surface area contributed by atoms with Gasteiger partial charge in [-0.2, -0.15) is 0 Å². The van der Waals surface area contributed by atoms with Crippen LogP contribution in [0.25, 0.3) is 0 Å². The molecular weight excluding hydrogens is 316 g/mol. The minimum Gasteiger partial charge on any atom is -0.381 e. The first kappa shape index (κ1) is 15.8. The Bertz CT molecular complexity index is 640. The summed E-state index contributed by atoms with van der Waals surface area (Å²) >= 11 is 0. The highest BCUT2D eigenvalue weighted by Gasteiger charge is 2.51. The SMILES string of the molecule is O=C(C1CC1)N1CCc2[nH]cnc2C12CCN(C1CCOCC1)CC2. The number of fused-ring (bicyclic) bond motifs is 2. The second-order valence-electron chi connectivity index (χ2n) is 8.15. The third-order valence-electron chi connectivity index (χ3n) is 6.79. The van der Waals surface area contributed by atoms with Crippen LogP contribution in [-0.2, 0) is 21.5 Å². The van der Waals surface area contributed by atoms with E-state index in [0.717, 1.165) is 83.5 Å². The summed E-state index contributed by atoms with van der Waals surface area (Å²) < 4.78 is 5.52.